The summed E-state index contributed by atoms with van der Waals surface area (Å²) in [4.78, 5) is 15.0. The number of carbonyl (C=O) groups excluding carboxylic acids is 1. The van der Waals surface area contributed by atoms with Crippen molar-refractivity contribution in [1.29, 1.82) is 0 Å². The van der Waals surface area contributed by atoms with Crippen molar-refractivity contribution in [3.8, 4) is 0 Å². The monoisotopic (exact) mass is 839 g/mol. The topological polar surface area (TPSA) is 74.2 Å². The predicted molar refractivity (Wildman–Crippen MR) is 246 cm³/mol. The molecule has 1 spiro atoms. The molecule has 7 atom stereocenters. The van der Waals surface area contributed by atoms with Crippen LogP contribution in [0.3, 0.4) is 0 Å². The summed E-state index contributed by atoms with van der Waals surface area (Å²) in [6.07, 6.45) is 20.7. The molecule has 2 aromatic carbocycles. The number of ether oxygens (including phenoxy) is 2. The number of benzene rings is 2. The minimum Gasteiger partial charge on any atom is -0.546 e. The molecule has 59 heavy (non-hydrogen) atoms. The first kappa shape index (κ1) is 45.5. The molecule has 4 aliphatic rings. The van der Waals surface area contributed by atoms with E-state index in [-0.39, 0.29) is 28.8 Å². The van der Waals surface area contributed by atoms with E-state index in [0.29, 0.717) is 32.3 Å². The van der Waals surface area contributed by atoms with E-state index in [9.17, 15) is 5.11 Å². The average Bonchev–Trinajstić information content (AvgIpc) is 3.42. The Morgan fingerprint density at radius 3 is 2.12 bits per heavy atom. The SMILES string of the molecule is C/C=C/CCCCC[C@H]1C=C2[C@@]3(CCO[Si](c4ccccc4)(c4ccccc4)C(C)(C)C)CC=C(O[Si](CC)(CC)CC)[C@H]4[C@@H]1C[C@H]([C@@H](O)CC/C=C/C)O[C@@]24OC3=O. The second-order valence-corrected chi connectivity index (χ2v) is 27.8. The number of carbonyl (C=O) groups is 1. The molecule has 2 saturated heterocycles. The zero-order valence-electron chi connectivity index (χ0n) is 37.5. The summed E-state index contributed by atoms with van der Waals surface area (Å²) < 4.78 is 29.1. The van der Waals surface area contributed by atoms with Crippen molar-refractivity contribution in [3.63, 3.8) is 0 Å². The Labute approximate surface area is 358 Å². The van der Waals surface area contributed by atoms with Gasteiger partial charge in [-0.2, -0.15) is 0 Å². The van der Waals surface area contributed by atoms with E-state index in [1.807, 2.05) is 13.0 Å². The molecule has 322 valence electrons. The van der Waals surface area contributed by atoms with Gasteiger partial charge in [-0.05, 0) is 117 Å². The fraction of sp³-hybridized carbons (Fsp3) is 0.588. The van der Waals surface area contributed by atoms with Gasteiger partial charge in [0.2, 0.25) is 14.1 Å². The van der Waals surface area contributed by atoms with Crippen molar-refractivity contribution >= 4 is 33.0 Å². The van der Waals surface area contributed by atoms with E-state index < -0.39 is 40.0 Å². The van der Waals surface area contributed by atoms with Gasteiger partial charge in [-0.25, -0.2) is 0 Å². The Hall–Kier alpha value is -3.02. The molecule has 2 aliphatic carbocycles. The van der Waals surface area contributed by atoms with Crippen LogP contribution in [0.4, 0.5) is 0 Å². The Bertz CT molecular complexity index is 1760. The van der Waals surface area contributed by atoms with E-state index in [0.717, 1.165) is 68.0 Å². The summed E-state index contributed by atoms with van der Waals surface area (Å²) in [5, 5.41) is 14.1. The van der Waals surface area contributed by atoms with Crippen LogP contribution < -0.4 is 10.4 Å². The Kier molecular flexibility index (Phi) is 14.9. The Morgan fingerprint density at radius 1 is 0.898 bits per heavy atom. The molecule has 2 aromatic rings. The van der Waals surface area contributed by atoms with E-state index in [1.54, 1.807) is 0 Å². The minimum absolute atomic E-state index is 0.114. The maximum absolute atomic E-state index is 15.0. The van der Waals surface area contributed by atoms with Crippen molar-refractivity contribution in [3.05, 3.63) is 108 Å². The normalized spacial score (nSPS) is 27.4. The van der Waals surface area contributed by atoms with Crippen LogP contribution in [0.25, 0.3) is 0 Å². The molecule has 0 unspecified atom stereocenters. The number of allylic oxidation sites excluding steroid dienone is 6. The molecule has 0 radical (unpaired) electrons. The van der Waals surface area contributed by atoms with Crippen LogP contribution >= 0.6 is 0 Å². The van der Waals surface area contributed by atoms with Gasteiger partial charge in [-0.1, -0.05) is 145 Å². The molecule has 1 N–H and O–H groups in total. The minimum atomic E-state index is -2.89. The molecule has 0 amide bonds. The fourth-order valence-electron chi connectivity index (χ4n) is 11.1. The van der Waals surface area contributed by atoms with Crippen LogP contribution in [0, 0.1) is 23.2 Å². The highest BCUT2D eigenvalue weighted by Gasteiger charge is 2.73. The second kappa shape index (κ2) is 19.4. The highest BCUT2D eigenvalue weighted by atomic mass is 28.4. The number of unbranched alkanes of at least 4 members (excludes halogenated alkanes) is 3. The lowest BCUT2D eigenvalue weighted by Gasteiger charge is -2.54. The van der Waals surface area contributed by atoms with Gasteiger partial charge in [0.15, 0.2) is 0 Å². The van der Waals surface area contributed by atoms with Gasteiger partial charge in [0, 0.05) is 12.2 Å². The molecular formula is C51H74O6Si2. The zero-order chi connectivity index (χ0) is 42.3. The molecule has 8 heteroatoms. The standard InChI is InChI=1S/C51H74O6Si2/c1-9-14-16-17-18-22-27-39-37-46-50(35-36-54-59(49(6,7)8,40-28-23-19-24-29-40)41-30-25-20-26-31-41)34-33-44(57-58(11-3,12-4)13-5)47-42(39)38-45(43(52)32-21-15-10-2)55-51(46,47)56-48(50)53/h9-10,14-15,19-20,23-26,28-31,33,37,39,42-43,45,47,52H,11-13,16-18,21-22,27,32,34-36,38H2,1-8H3/b14-9+,15-10+/t39-,42+,43-,45+,47+,50-,51+/m0/s1. The molecule has 6 rings (SSSR count). The quantitative estimate of drug-likeness (QED) is 0.0584. The van der Waals surface area contributed by atoms with E-state index in [2.05, 4.69) is 140 Å². The smallest absolute Gasteiger partial charge is 0.319 e. The summed E-state index contributed by atoms with van der Waals surface area (Å²) in [6, 6.07) is 24.5. The van der Waals surface area contributed by atoms with Crippen molar-refractivity contribution in [1.82, 2.24) is 0 Å². The summed E-state index contributed by atoms with van der Waals surface area (Å²) >= 11 is 0. The summed E-state index contributed by atoms with van der Waals surface area (Å²) in [6.45, 7) is 18.2. The molecular weight excluding hydrogens is 765 g/mol. The van der Waals surface area contributed by atoms with Gasteiger partial charge in [0.05, 0.1) is 23.9 Å². The first-order valence-electron chi connectivity index (χ1n) is 23.1. The van der Waals surface area contributed by atoms with Crippen LogP contribution in [-0.4, -0.2) is 52.3 Å². The van der Waals surface area contributed by atoms with E-state index in [4.69, 9.17) is 18.3 Å². The number of rotatable bonds is 21. The molecule has 2 aliphatic heterocycles. The Balaban J connectivity index is 1.46. The third kappa shape index (κ3) is 8.73. The van der Waals surface area contributed by atoms with Crippen molar-refractivity contribution in [2.45, 2.75) is 161 Å². The van der Waals surface area contributed by atoms with Gasteiger partial charge >= 0.3 is 5.97 Å². The van der Waals surface area contributed by atoms with Crippen LogP contribution in [-0.2, 0) is 23.1 Å². The first-order valence-corrected chi connectivity index (χ1v) is 27.5. The Morgan fingerprint density at radius 2 is 1.53 bits per heavy atom. The lowest BCUT2D eigenvalue weighted by molar-refractivity contribution is -0.290. The van der Waals surface area contributed by atoms with Crippen LogP contribution in [0.1, 0.15) is 120 Å². The summed E-state index contributed by atoms with van der Waals surface area (Å²) in [7, 11) is -5.03. The maximum atomic E-state index is 15.0. The number of aliphatic hydroxyl groups excluding tert-OH is 1. The van der Waals surface area contributed by atoms with Crippen LogP contribution in [0.5, 0.6) is 0 Å². The first-order chi connectivity index (χ1) is 28.4. The molecule has 5 bridgehead atoms. The highest BCUT2D eigenvalue weighted by molar-refractivity contribution is 6.99. The maximum Gasteiger partial charge on any atom is 0.319 e. The van der Waals surface area contributed by atoms with Crippen molar-refractivity contribution < 1.29 is 28.2 Å². The fourth-order valence-corrected chi connectivity index (χ4v) is 18.3. The highest BCUT2D eigenvalue weighted by Crippen LogP contribution is 2.66. The average molecular weight is 839 g/mol. The molecule has 6 nitrogen and oxygen atoms in total. The van der Waals surface area contributed by atoms with Crippen molar-refractivity contribution in [2.75, 3.05) is 6.61 Å². The molecule has 0 saturated carbocycles. The molecule has 2 heterocycles. The molecule has 0 aromatic heterocycles. The van der Waals surface area contributed by atoms with Crippen molar-refractivity contribution in [2.24, 2.45) is 23.2 Å². The summed E-state index contributed by atoms with van der Waals surface area (Å²) in [5.74, 6) is -0.504. The van der Waals surface area contributed by atoms with Gasteiger partial charge in [-0.15, -0.1) is 0 Å². The zero-order valence-corrected chi connectivity index (χ0v) is 39.5. The van der Waals surface area contributed by atoms with Gasteiger partial charge in [-0.3, -0.25) is 4.79 Å². The third-order valence-corrected chi connectivity index (χ3v) is 24.1. The predicted octanol–water partition coefficient (Wildman–Crippen LogP) is 11.3. The number of esters is 1. The van der Waals surface area contributed by atoms with Gasteiger partial charge in [0.25, 0.3) is 8.32 Å². The lowest BCUT2D eigenvalue weighted by atomic mass is 9.60. The number of hydrogen-bond donors (Lipinski definition) is 1. The van der Waals surface area contributed by atoms with Gasteiger partial charge < -0.3 is 23.4 Å². The summed E-state index contributed by atoms with van der Waals surface area (Å²) in [5.41, 5.74) is -0.0190. The number of hydrogen-bond acceptors (Lipinski definition) is 6. The van der Waals surface area contributed by atoms with E-state index in [1.165, 1.54) is 10.4 Å². The van der Waals surface area contributed by atoms with Crippen LogP contribution in [0.2, 0.25) is 23.2 Å². The lowest BCUT2D eigenvalue weighted by Crippen LogP contribution is -2.66. The third-order valence-electron chi connectivity index (χ3n) is 14.6. The largest absolute Gasteiger partial charge is 0.546 e. The second-order valence-electron chi connectivity index (χ2n) is 18.8. The van der Waals surface area contributed by atoms with Gasteiger partial charge in [0.1, 0.15) is 5.41 Å². The molecule has 2 fully saturated rings. The number of aliphatic hydroxyl groups is 1. The van der Waals surface area contributed by atoms with Crippen LogP contribution in [0.15, 0.2) is 108 Å². The van der Waals surface area contributed by atoms with E-state index >= 15 is 4.79 Å².